The maximum absolute atomic E-state index is 10.6. The Hall–Kier alpha value is -1.12. The van der Waals surface area contributed by atoms with Gasteiger partial charge in [0.2, 0.25) is 0 Å². The van der Waals surface area contributed by atoms with Gasteiger partial charge in [0.15, 0.2) is 0 Å². The smallest absolute Gasteiger partial charge is 0.125 e. The largest absolute Gasteiger partial charge is 0.507 e. The highest BCUT2D eigenvalue weighted by Crippen LogP contribution is 2.50. The first-order chi connectivity index (χ1) is 11.4. The fourth-order valence-electron chi connectivity index (χ4n) is 3.72. The summed E-state index contributed by atoms with van der Waals surface area (Å²) in [4.78, 5) is 1.81. The summed E-state index contributed by atoms with van der Waals surface area (Å²) in [6.45, 7) is 13.9. The molecule has 2 aromatic carbocycles. The number of nitrogens with zero attached hydrogens (tertiary/aromatic N) is 1. The summed E-state index contributed by atoms with van der Waals surface area (Å²) in [5.41, 5.74) is 3.39. The number of anilines is 1. The van der Waals surface area contributed by atoms with Crippen LogP contribution >= 0.6 is 23.2 Å². The highest BCUT2D eigenvalue weighted by Gasteiger charge is 2.39. The number of fused-ring (bicyclic) bond motifs is 3. The minimum Gasteiger partial charge on any atom is -0.507 e. The van der Waals surface area contributed by atoms with E-state index in [-0.39, 0.29) is 16.9 Å². The van der Waals surface area contributed by atoms with Crippen molar-refractivity contribution in [3.63, 3.8) is 0 Å². The van der Waals surface area contributed by atoms with Gasteiger partial charge in [-0.05, 0) is 42.7 Å². The molecule has 136 valence electrons. The molecule has 1 aliphatic rings. The number of phenols is 1. The van der Waals surface area contributed by atoms with E-state index in [2.05, 4.69) is 58.6 Å². The van der Waals surface area contributed by atoms with E-state index < -0.39 is 4.84 Å². The molecule has 1 atom stereocenters. The predicted octanol–water partition coefficient (Wildman–Crippen LogP) is 6.35. The van der Waals surface area contributed by atoms with Crippen LogP contribution in [0.25, 0.3) is 10.8 Å². The summed E-state index contributed by atoms with van der Waals surface area (Å²) >= 11 is 12.7. The monoisotopic (exact) mass is 379 g/mol. The second kappa shape index (κ2) is 5.96. The SMILES string of the molecule is CC(C)(C)c1ccc2c(O)cc3c(c2c1)C(C(Cl)Cl)CN3C(C)(C)C. The maximum atomic E-state index is 10.6. The third-order valence-corrected chi connectivity index (χ3v) is 5.76. The van der Waals surface area contributed by atoms with E-state index in [0.29, 0.717) is 5.75 Å². The van der Waals surface area contributed by atoms with E-state index in [1.165, 1.54) is 5.56 Å². The average molecular weight is 380 g/mol. The zero-order chi connectivity index (χ0) is 18.7. The Morgan fingerprint density at radius 1 is 1.04 bits per heavy atom. The van der Waals surface area contributed by atoms with Crippen LogP contribution in [0.15, 0.2) is 24.3 Å². The van der Waals surface area contributed by atoms with Crippen molar-refractivity contribution >= 4 is 39.7 Å². The summed E-state index contributed by atoms with van der Waals surface area (Å²) in [5, 5.41) is 12.6. The number of hydrogen-bond donors (Lipinski definition) is 1. The number of aromatic hydroxyl groups is 1. The van der Waals surface area contributed by atoms with Crippen LogP contribution in [0.3, 0.4) is 0 Å². The van der Waals surface area contributed by atoms with Crippen LogP contribution < -0.4 is 4.90 Å². The van der Waals surface area contributed by atoms with Crippen LogP contribution in [-0.4, -0.2) is 22.0 Å². The van der Waals surface area contributed by atoms with Crippen molar-refractivity contribution in [1.82, 2.24) is 0 Å². The predicted molar refractivity (Wildman–Crippen MR) is 110 cm³/mol. The lowest BCUT2D eigenvalue weighted by Crippen LogP contribution is -2.41. The number of alkyl halides is 2. The fourth-order valence-corrected chi connectivity index (χ4v) is 4.13. The molecule has 2 nitrogen and oxygen atoms in total. The minimum atomic E-state index is -0.489. The maximum Gasteiger partial charge on any atom is 0.125 e. The molecule has 0 fully saturated rings. The number of halogens is 2. The second-order valence-corrected chi connectivity index (χ2v) is 10.2. The molecule has 25 heavy (non-hydrogen) atoms. The van der Waals surface area contributed by atoms with Gasteiger partial charge in [-0.3, -0.25) is 0 Å². The molecule has 0 saturated heterocycles. The molecule has 1 heterocycles. The highest BCUT2D eigenvalue weighted by molar-refractivity contribution is 6.45. The van der Waals surface area contributed by atoms with E-state index in [4.69, 9.17) is 23.2 Å². The van der Waals surface area contributed by atoms with E-state index >= 15 is 0 Å². The summed E-state index contributed by atoms with van der Waals surface area (Å²) < 4.78 is 0. The Balaban J connectivity index is 2.35. The third-order valence-electron chi connectivity index (χ3n) is 5.16. The molecule has 0 amide bonds. The summed E-state index contributed by atoms with van der Waals surface area (Å²) in [7, 11) is 0. The first-order valence-electron chi connectivity index (χ1n) is 8.77. The molecule has 0 aliphatic carbocycles. The van der Waals surface area contributed by atoms with E-state index in [1.807, 2.05) is 12.1 Å². The van der Waals surface area contributed by atoms with Crippen LogP contribution in [0, 0.1) is 0 Å². The van der Waals surface area contributed by atoms with Gasteiger partial charge >= 0.3 is 0 Å². The zero-order valence-corrected chi connectivity index (χ0v) is 17.3. The van der Waals surface area contributed by atoms with Crippen LogP contribution in [0.2, 0.25) is 0 Å². The standard InChI is InChI=1S/C21H27Cl2NO/c1-20(2,3)12-7-8-13-14(9-12)18-15(19(22)23)11-24(21(4,5)6)16(18)10-17(13)25/h7-10,15,19,25H,11H2,1-6H3. The molecule has 3 rings (SSSR count). The van der Waals surface area contributed by atoms with Gasteiger partial charge in [-0.2, -0.15) is 0 Å². The molecule has 0 saturated carbocycles. The molecule has 0 bridgehead atoms. The normalized spacial score (nSPS) is 18.3. The molecular weight excluding hydrogens is 353 g/mol. The first-order valence-corrected chi connectivity index (χ1v) is 9.64. The topological polar surface area (TPSA) is 23.5 Å². The summed E-state index contributed by atoms with van der Waals surface area (Å²) in [5.74, 6) is 0.334. The first kappa shape index (κ1) is 18.7. The second-order valence-electron chi connectivity index (χ2n) is 9.06. The van der Waals surface area contributed by atoms with Crippen LogP contribution in [0.1, 0.15) is 58.6 Å². The Morgan fingerprint density at radius 3 is 2.20 bits per heavy atom. The number of phenolic OH excluding ortho intramolecular Hbond substituents is 1. The van der Waals surface area contributed by atoms with Crippen molar-refractivity contribution in [1.29, 1.82) is 0 Å². The molecule has 0 radical (unpaired) electrons. The Bertz CT molecular complexity index is 815. The lowest BCUT2D eigenvalue weighted by Gasteiger charge is -2.35. The van der Waals surface area contributed by atoms with E-state index in [1.54, 1.807) is 0 Å². The van der Waals surface area contributed by atoms with Crippen molar-refractivity contribution in [3.05, 3.63) is 35.4 Å². The van der Waals surface area contributed by atoms with Gasteiger partial charge in [-0.1, -0.05) is 39.0 Å². The number of rotatable bonds is 1. The molecular formula is C21H27Cl2NO. The Morgan fingerprint density at radius 2 is 1.68 bits per heavy atom. The average Bonchev–Trinajstić information content (AvgIpc) is 2.85. The van der Waals surface area contributed by atoms with Gasteiger partial charge < -0.3 is 10.0 Å². The minimum absolute atomic E-state index is 0.0240. The Labute approximate surface area is 160 Å². The van der Waals surface area contributed by atoms with Crippen LogP contribution in [0.4, 0.5) is 5.69 Å². The summed E-state index contributed by atoms with van der Waals surface area (Å²) in [6.07, 6.45) is 0. The van der Waals surface area contributed by atoms with Crippen molar-refractivity contribution in [2.75, 3.05) is 11.4 Å². The Kier molecular flexibility index (Phi) is 4.45. The fraction of sp³-hybridized carbons (Fsp3) is 0.524. The van der Waals surface area contributed by atoms with Crippen LogP contribution in [-0.2, 0) is 5.41 Å². The van der Waals surface area contributed by atoms with E-state index in [0.717, 1.165) is 28.6 Å². The van der Waals surface area contributed by atoms with Gasteiger partial charge in [0.05, 0.1) is 0 Å². The van der Waals surface area contributed by atoms with Crippen molar-refractivity contribution in [3.8, 4) is 5.75 Å². The van der Waals surface area contributed by atoms with Gasteiger partial charge in [0.1, 0.15) is 10.6 Å². The van der Waals surface area contributed by atoms with Gasteiger partial charge in [0.25, 0.3) is 0 Å². The summed E-state index contributed by atoms with van der Waals surface area (Å²) in [6, 6.07) is 8.18. The molecule has 0 spiro atoms. The van der Waals surface area contributed by atoms with Crippen molar-refractivity contribution in [2.45, 2.75) is 63.3 Å². The lowest BCUT2D eigenvalue weighted by molar-refractivity contribution is 0.479. The highest BCUT2D eigenvalue weighted by atomic mass is 35.5. The van der Waals surface area contributed by atoms with E-state index in [9.17, 15) is 5.11 Å². The molecule has 1 N–H and O–H groups in total. The van der Waals surface area contributed by atoms with Gasteiger partial charge in [0, 0.05) is 35.1 Å². The molecule has 2 aromatic rings. The zero-order valence-electron chi connectivity index (χ0n) is 15.8. The molecule has 4 heteroatoms. The van der Waals surface area contributed by atoms with Crippen molar-refractivity contribution < 1.29 is 5.11 Å². The third kappa shape index (κ3) is 3.19. The van der Waals surface area contributed by atoms with Crippen LogP contribution in [0.5, 0.6) is 5.75 Å². The van der Waals surface area contributed by atoms with Gasteiger partial charge in [-0.25, -0.2) is 0 Å². The molecule has 1 aliphatic heterocycles. The molecule has 0 aromatic heterocycles. The van der Waals surface area contributed by atoms with Gasteiger partial charge in [-0.15, -0.1) is 23.2 Å². The number of hydrogen-bond acceptors (Lipinski definition) is 2. The molecule has 1 unspecified atom stereocenters. The quantitative estimate of drug-likeness (QED) is 0.583. The number of benzene rings is 2. The van der Waals surface area contributed by atoms with Crippen molar-refractivity contribution in [2.24, 2.45) is 0 Å². The lowest BCUT2D eigenvalue weighted by atomic mass is 9.84.